The summed E-state index contributed by atoms with van der Waals surface area (Å²) < 4.78 is 0. The fourth-order valence-corrected chi connectivity index (χ4v) is 3.35. The SMILES string of the molecule is O=C(/C=C/c1cccc2ccccc12)NC(C(=O)Nc1cccnc1)c1ccccc1. The van der Waals surface area contributed by atoms with Gasteiger partial charge in [0.15, 0.2) is 0 Å². The van der Waals surface area contributed by atoms with Crippen molar-refractivity contribution < 1.29 is 9.59 Å². The molecule has 3 aromatic carbocycles. The number of pyridine rings is 1. The Kier molecular flexibility index (Phi) is 6.14. The van der Waals surface area contributed by atoms with Crippen molar-refractivity contribution in [2.24, 2.45) is 0 Å². The maximum absolute atomic E-state index is 12.9. The highest BCUT2D eigenvalue weighted by Crippen LogP contribution is 2.20. The molecule has 1 heterocycles. The average molecular weight is 407 g/mol. The molecule has 0 spiro atoms. The van der Waals surface area contributed by atoms with E-state index in [4.69, 9.17) is 0 Å². The predicted octanol–water partition coefficient (Wildman–Crippen LogP) is 4.74. The Morgan fingerprint density at radius 2 is 1.61 bits per heavy atom. The Hall–Kier alpha value is -4.25. The fraction of sp³-hybridized carbons (Fsp3) is 0.0385. The first-order valence-electron chi connectivity index (χ1n) is 9.93. The molecule has 1 atom stereocenters. The maximum Gasteiger partial charge on any atom is 0.251 e. The summed E-state index contributed by atoms with van der Waals surface area (Å²) in [6, 6.07) is 25.7. The number of amides is 2. The van der Waals surface area contributed by atoms with Gasteiger partial charge >= 0.3 is 0 Å². The lowest BCUT2D eigenvalue weighted by Gasteiger charge is -2.18. The lowest BCUT2D eigenvalue weighted by Crippen LogP contribution is -2.36. The molecule has 0 aliphatic rings. The molecule has 1 unspecified atom stereocenters. The molecule has 5 nitrogen and oxygen atoms in total. The molecule has 0 fully saturated rings. The highest BCUT2D eigenvalue weighted by molar-refractivity contribution is 6.01. The van der Waals surface area contributed by atoms with Gasteiger partial charge in [-0.2, -0.15) is 0 Å². The Balaban J connectivity index is 1.54. The van der Waals surface area contributed by atoms with Crippen LogP contribution in [0, 0.1) is 0 Å². The van der Waals surface area contributed by atoms with Crippen LogP contribution < -0.4 is 10.6 Å². The quantitative estimate of drug-likeness (QED) is 0.453. The number of benzene rings is 3. The van der Waals surface area contributed by atoms with Gasteiger partial charge in [-0.05, 0) is 40.1 Å². The molecule has 2 amide bonds. The summed E-state index contributed by atoms with van der Waals surface area (Å²) in [6.45, 7) is 0. The molecule has 0 aliphatic carbocycles. The smallest absolute Gasteiger partial charge is 0.251 e. The Labute approximate surface area is 180 Å². The second-order valence-corrected chi connectivity index (χ2v) is 6.98. The van der Waals surface area contributed by atoms with Crippen molar-refractivity contribution in [3.05, 3.63) is 115 Å². The molecule has 0 aliphatic heterocycles. The van der Waals surface area contributed by atoms with E-state index in [1.54, 1.807) is 30.6 Å². The van der Waals surface area contributed by atoms with Crippen molar-refractivity contribution in [3.63, 3.8) is 0 Å². The molecule has 0 bridgehead atoms. The third kappa shape index (κ3) is 5.03. The third-order valence-electron chi connectivity index (χ3n) is 4.85. The van der Waals surface area contributed by atoms with Crippen LogP contribution in [0.5, 0.6) is 0 Å². The summed E-state index contributed by atoms with van der Waals surface area (Å²) in [5, 5.41) is 7.78. The third-order valence-corrected chi connectivity index (χ3v) is 4.85. The van der Waals surface area contributed by atoms with Gasteiger partial charge in [0.05, 0.1) is 11.9 Å². The fourth-order valence-electron chi connectivity index (χ4n) is 3.35. The maximum atomic E-state index is 12.9. The Bertz CT molecular complexity index is 1220. The molecule has 5 heteroatoms. The van der Waals surface area contributed by atoms with Crippen LogP contribution in [-0.2, 0) is 9.59 Å². The molecule has 0 radical (unpaired) electrons. The molecule has 4 aromatic rings. The second-order valence-electron chi connectivity index (χ2n) is 6.98. The summed E-state index contributed by atoms with van der Waals surface area (Å²) in [6.07, 6.45) is 6.40. The van der Waals surface area contributed by atoms with Gasteiger partial charge in [0.25, 0.3) is 5.91 Å². The number of nitrogens with one attached hydrogen (secondary N) is 2. The summed E-state index contributed by atoms with van der Waals surface area (Å²) >= 11 is 0. The number of hydrogen-bond donors (Lipinski definition) is 2. The van der Waals surface area contributed by atoms with Gasteiger partial charge in [-0.1, -0.05) is 72.8 Å². The lowest BCUT2D eigenvalue weighted by molar-refractivity contribution is -0.123. The number of anilines is 1. The molecule has 1 aromatic heterocycles. The number of carbonyl (C=O) groups excluding carboxylic acids is 2. The van der Waals surface area contributed by atoms with Crippen molar-refractivity contribution in [1.82, 2.24) is 10.3 Å². The van der Waals surface area contributed by atoms with Crippen LogP contribution in [0.15, 0.2) is 103 Å². The van der Waals surface area contributed by atoms with Crippen LogP contribution in [0.25, 0.3) is 16.8 Å². The number of hydrogen-bond acceptors (Lipinski definition) is 3. The van der Waals surface area contributed by atoms with Gasteiger partial charge in [0, 0.05) is 12.3 Å². The number of aromatic nitrogens is 1. The zero-order valence-corrected chi connectivity index (χ0v) is 16.7. The van der Waals surface area contributed by atoms with Crippen LogP contribution >= 0.6 is 0 Å². The first-order chi connectivity index (χ1) is 15.2. The van der Waals surface area contributed by atoms with Gasteiger partial charge in [0.2, 0.25) is 5.91 Å². The summed E-state index contributed by atoms with van der Waals surface area (Å²) in [7, 11) is 0. The summed E-state index contributed by atoms with van der Waals surface area (Å²) in [5.74, 6) is -0.700. The van der Waals surface area contributed by atoms with Gasteiger partial charge in [-0.25, -0.2) is 0 Å². The highest BCUT2D eigenvalue weighted by Gasteiger charge is 2.22. The molecule has 31 heavy (non-hydrogen) atoms. The largest absolute Gasteiger partial charge is 0.337 e. The summed E-state index contributed by atoms with van der Waals surface area (Å²) in [4.78, 5) is 29.6. The normalized spacial score (nSPS) is 11.9. The molecule has 4 rings (SSSR count). The first-order valence-corrected chi connectivity index (χ1v) is 9.93. The van der Waals surface area contributed by atoms with Gasteiger partial charge in [-0.15, -0.1) is 0 Å². The minimum absolute atomic E-state index is 0.342. The lowest BCUT2D eigenvalue weighted by atomic mass is 10.0. The van der Waals surface area contributed by atoms with Crippen molar-refractivity contribution in [1.29, 1.82) is 0 Å². The zero-order valence-electron chi connectivity index (χ0n) is 16.7. The zero-order chi connectivity index (χ0) is 21.5. The molecule has 0 saturated carbocycles. The number of carbonyl (C=O) groups is 2. The van der Waals surface area contributed by atoms with E-state index in [-0.39, 0.29) is 11.8 Å². The van der Waals surface area contributed by atoms with Crippen LogP contribution in [0.2, 0.25) is 0 Å². The molecule has 152 valence electrons. The topological polar surface area (TPSA) is 71.1 Å². The van der Waals surface area contributed by atoms with E-state index < -0.39 is 6.04 Å². The van der Waals surface area contributed by atoms with Crippen LogP contribution in [0.4, 0.5) is 5.69 Å². The number of nitrogens with zero attached hydrogens (tertiary/aromatic N) is 1. The van der Waals surface area contributed by atoms with Gasteiger partial charge in [-0.3, -0.25) is 14.6 Å². The van der Waals surface area contributed by atoms with Crippen molar-refractivity contribution in [2.75, 3.05) is 5.32 Å². The Morgan fingerprint density at radius 3 is 2.42 bits per heavy atom. The summed E-state index contributed by atoms with van der Waals surface area (Å²) in [5.41, 5.74) is 2.19. The monoisotopic (exact) mass is 407 g/mol. The predicted molar refractivity (Wildman–Crippen MR) is 123 cm³/mol. The minimum atomic E-state index is -0.842. The minimum Gasteiger partial charge on any atom is -0.337 e. The van der Waals surface area contributed by atoms with E-state index in [0.29, 0.717) is 11.3 Å². The molecular weight excluding hydrogens is 386 g/mol. The second kappa shape index (κ2) is 9.50. The average Bonchev–Trinajstić information content (AvgIpc) is 2.82. The van der Waals surface area contributed by atoms with E-state index in [9.17, 15) is 9.59 Å². The van der Waals surface area contributed by atoms with E-state index in [0.717, 1.165) is 16.3 Å². The standard InChI is InChI=1S/C26H21N3O2/c30-24(16-15-20-12-6-11-19-8-4-5-14-23(19)20)29-25(21-9-2-1-3-10-21)26(31)28-22-13-7-17-27-18-22/h1-18,25H,(H,28,31)(H,29,30)/b16-15+. The van der Waals surface area contributed by atoms with E-state index in [1.165, 1.54) is 6.08 Å². The van der Waals surface area contributed by atoms with Crippen molar-refractivity contribution in [2.45, 2.75) is 6.04 Å². The Morgan fingerprint density at radius 1 is 0.839 bits per heavy atom. The molecule has 2 N–H and O–H groups in total. The number of rotatable bonds is 6. The molecular formula is C26H21N3O2. The van der Waals surface area contributed by atoms with Gasteiger partial charge in [0.1, 0.15) is 6.04 Å². The van der Waals surface area contributed by atoms with Crippen molar-refractivity contribution >= 4 is 34.4 Å². The van der Waals surface area contributed by atoms with E-state index >= 15 is 0 Å². The van der Waals surface area contributed by atoms with E-state index in [2.05, 4.69) is 15.6 Å². The van der Waals surface area contributed by atoms with Gasteiger partial charge < -0.3 is 10.6 Å². The van der Waals surface area contributed by atoms with E-state index in [1.807, 2.05) is 72.8 Å². The molecule has 0 saturated heterocycles. The van der Waals surface area contributed by atoms with Crippen LogP contribution in [0.3, 0.4) is 0 Å². The highest BCUT2D eigenvalue weighted by atomic mass is 16.2. The number of fused-ring (bicyclic) bond motifs is 1. The first kappa shape index (κ1) is 20.0. The van der Waals surface area contributed by atoms with Crippen molar-refractivity contribution in [3.8, 4) is 0 Å². The van der Waals surface area contributed by atoms with Crippen LogP contribution in [-0.4, -0.2) is 16.8 Å². The van der Waals surface area contributed by atoms with Crippen LogP contribution in [0.1, 0.15) is 17.2 Å².